The van der Waals surface area contributed by atoms with Gasteiger partial charge in [0.15, 0.2) is 0 Å². The summed E-state index contributed by atoms with van der Waals surface area (Å²) in [5.74, 6) is 1.33. The van der Waals surface area contributed by atoms with Crippen molar-refractivity contribution in [3.8, 4) is 0 Å². The zero-order valence-electron chi connectivity index (χ0n) is 9.73. The van der Waals surface area contributed by atoms with Gasteiger partial charge < -0.3 is 10.1 Å². The lowest BCUT2D eigenvalue weighted by atomic mass is 9.99. The van der Waals surface area contributed by atoms with Crippen LogP contribution in [-0.4, -0.2) is 40.0 Å². The van der Waals surface area contributed by atoms with Gasteiger partial charge in [-0.1, -0.05) is 6.92 Å². The first-order chi connectivity index (χ1) is 7.08. The lowest BCUT2D eigenvalue weighted by Gasteiger charge is -2.38. The molecular weight excluding hydrogens is 210 g/mol. The van der Waals surface area contributed by atoms with Gasteiger partial charge in [0.1, 0.15) is 0 Å². The van der Waals surface area contributed by atoms with Crippen LogP contribution in [0, 0.1) is 5.92 Å². The van der Waals surface area contributed by atoms with Gasteiger partial charge in [0.05, 0.1) is 17.5 Å². The summed E-state index contributed by atoms with van der Waals surface area (Å²) in [6.07, 6.45) is 1.41. The molecule has 0 bridgehead atoms. The van der Waals surface area contributed by atoms with Gasteiger partial charge in [-0.2, -0.15) is 0 Å². The van der Waals surface area contributed by atoms with E-state index in [1.54, 1.807) is 0 Å². The van der Waals surface area contributed by atoms with Gasteiger partial charge in [-0.15, -0.1) is 0 Å². The molecule has 0 amide bonds. The van der Waals surface area contributed by atoms with E-state index >= 15 is 0 Å². The van der Waals surface area contributed by atoms with Crippen LogP contribution in [0.25, 0.3) is 0 Å². The Bertz CT molecular complexity index is 259. The molecule has 1 N–H and O–H groups in total. The van der Waals surface area contributed by atoms with Crippen LogP contribution in [0.4, 0.5) is 0 Å². The van der Waals surface area contributed by atoms with Crippen molar-refractivity contribution in [2.75, 3.05) is 12.3 Å². The lowest BCUT2D eigenvalue weighted by molar-refractivity contribution is -0.0376. The van der Waals surface area contributed by atoms with E-state index in [1.807, 2.05) is 0 Å². The molecule has 0 saturated carbocycles. The summed E-state index contributed by atoms with van der Waals surface area (Å²) in [6, 6.07) is 0.384. The SMILES string of the molecule is CC1CNC2CC(C)OC(C)C2S(=O)C1. The summed E-state index contributed by atoms with van der Waals surface area (Å²) in [7, 11) is -0.737. The fourth-order valence-corrected chi connectivity index (χ4v) is 4.68. The van der Waals surface area contributed by atoms with E-state index in [-0.39, 0.29) is 11.4 Å². The standard InChI is InChI=1S/C11H21NO2S/c1-7-5-12-10-4-8(2)14-9(3)11(10)15(13)6-7/h7-12H,4-6H2,1-3H3. The summed E-state index contributed by atoms with van der Waals surface area (Å²) < 4.78 is 18.0. The van der Waals surface area contributed by atoms with Crippen LogP contribution in [0.15, 0.2) is 0 Å². The molecule has 0 aliphatic carbocycles. The Balaban J connectivity index is 2.15. The fourth-order valence-electron chi connectivity index (χ4n) is 2.72. The Hall–Kier alpha value is 0.0700. The molecule has 88 valence electrons. The maximum atomic E-state index is 12.2. The summed E-state index contributed by atoms with van der Waals surface area (Å²) in [5, 5.41) is 3.74. The Kier molecular flexibility index (Phi) is 3.48. The zero-order chi connectivity index (χ0) is 11.0. The Labute approximate surface area is 94.4 Å². The van der Waals surface area contributed by atoms with Gasteiger partial charge in [-0.3, -0.25) is 4.21 Å². The first kappa shape index (κ1) is 11.6. The average Bonchev–Trinajstić information content (AvgIpc) is 2.25. The van der Waals surface area contributed by atoms with Crippen molar-refractivity contribution in [1.29, 1.82) is 0 Å². The minimum atomic E-state index is -0.737. The van der Waals surface area contributed by atoms with Crippen LogP contribution < -0.4 is 5.32 Å². The van der Waals surface area contributed by atoms with E-state index in [9.17, 15) is 4.21 Å². The Morgan fingerprint density at radius 1 is 1.33 bits per heavy atom. The quantitative estimate of drug-likeness (QED) is 0.673. The molecule has 0 radical (unpaired) electrons. The van der Waals surface area contributed by atoms with Gasteiger partial charge in [0.2, 0.25) is 0 Å². The molecule has 0 aromatic carbocycles. The van der Waals surface area contributed by atoms with Gasteiger partial charge in [-0.25, -0.2) is 0 Å². The number of fused-ring (bicyclic) bond motifs is 1. The Morgan fingerprint density at radius 3 is 2.80 bits per heavy atom. The topological polar surface area (TPSA) is 38.3 Å². The zero-order valence-corrected chi connectivity index (χ0v) is 10.5. The molecule has 2 rings (SSSR count). The lowest BCUT2D eigenvalue weighted by Crippen LogP contribution is -2.53. The van der Waals surface area contributed by atoms with E-state index in [1.165, 1.54) is 0 Å². The molecule has 4 heteroatoms. The van der Waals surface area contributed by atoms with E-state index in [4.69, 9.17) is 4.74 Å². The molecule has 0 spiro atoms. The predicted octanol–water partition coefficient (Wildman–Crippen LogP) is 0.909. The fraction of sp³-hybridized carbons (Fsp3) is 1.00. The van der Waals surface area contributed by atoms with E-state index < -0.39 is 10.8 Å². The highest BCUT2D eigenvalue weighted by molar-refractivity contribution is 7.85. The second-order valence-electron chi connectivity index (χ2n) is 5.02. The number of ether oxygens (including phenoxy) is 1. The molecule has 15 heavy (non-hydrogen) atoms. The summed E-state index contributed by atoms with van der Waals surface area (Å²) in [5.41, 5.74) is 0. The van der Waals surface area contributed by atoms with Crippen molar-refractivity contribution in [2.45, 2.75) is 50.7 Å². The summed E-state index contributed by atoms with van der Waals surface area (Å²) in [4.78, 5) is 0. The Morgan fingerprint density at radius 2 is 2.07 bits per heavy atom. The third kappa shape index (κ3) is 2.43. The van der Waals surface area contributed by atoms with Crippen molar-refractivity contribution in [3.63, 3.8) is 0 Å². The molecule has 2 aliphatic rings. The number of hydrogen-bond acceptors (Lipinski definition) is 3. The molecule has 3 nitrogen and oxygen atoms in total. The molecule has 2 aliphatic heterocycles. The number of nitrogens with one attached hydrogen (secondary N) is 1. The van der Waals surface area contributed by atoms with Crippen LogP contribution in [0.1, 0.15) is 27.2 Å². The van der Waals surface area contributed by atoms with Crippen molar-refractivity contribution in [2.24, 2.45) is 5.92 Å². The van der Waals surface area contributed by atoms with Gasteiger partial charge in [0.25, 0.3) is 0 Å². The highest BCUT2D eigenvalue weighted by Gasteiger charge is 2.40. The molecule has 6 unspecified atom stereocenters. The van der Waals surface area contributed by atoms with Gasteiger partial charge in [0, 0.05) is 22.6 Å². The monoisotopic (exact) mass is 231 g/mol. The van der Waals surface area contributed by atoms with E-state index in [0.717, 1.165) is 18.7 Å². The van der Waals surface area contributed by atoms with Crippen molar-refractivity contribution >= 4 is 10.8 Å². The molecule has 2 fully saturated rings. The molecule has 6 atom stereocenters. The average molecular weight is 231 g/mol. The smallest absolute Gasteiger partial charge is 0.0761 e. The van der Waals surface area contributed by atoms with Crippen LogP contribution in [0.3, 0.4) is 0 Å². The maximum absolute atomic E-state index is 12.2. The molecule has 0 aromatic heterocycles. The van der Waals surface area contributed by atoms with Crippen LogP contribution in [0.5, 0.6) is 0 Å². The van der Waals surface area contributed by atoms with Crippen LogP contribution in [-0.2, 0) is 15.5 Å². The second kappa shape index (κ2) is 4.52. The first-order valence-electron chi connectivity index (χ1n) is 5.84. The normalized spacial score (nSPS) is 51.9. The minimum absolute atomic E-state index is 0.123. The van der Waals surface area contributed by atoms with Crippen molar-refractivity contribution in [3.05, 3.63) is 0 Å². The molecular formula is C11H21NO2S. The van der Waals surface area contributed by atoms with E-state index in [0.29, 0.717) is 18.1 Å². The minimum Gasteiger partial charge on any atom is -0.374 e. The highest BCUT2D eigenvalue weighted by Crippen LogP contribution is 2.26. The van der Waals surface area contributed by atoms with Gasteiger partial charge >= 0.3 is 0 Å². The summed E-state index contributed by atoms with van der Waals surface area (Å²) >= 11 is 0. The predicted molar refractivity (Wildman–Crippen MR) is 62.4 cm³/mol. The number of rotatable bonds is 0. The number of hydrogen-bond donors (Lipinski definition) is 1. The van der Waals surface area contributed by atoms with Crippen molar-refractivity contribution in [1.82, 2.24) is 5.32 Å². The van der Waals surface area contributed by atoms with Crippen molar-refractivity contribution < 1.29 is 8.95 Å². The van der Waals surface area contributed by atoms with E-state index in [2.05, 4.69) is 26.1 Å². The molecule has 2 saturated heterocycles. The maximum Gasteiger partial charge on any atom is 0.0761 e. The summed E-state index contributed by atoms with van der Waals surface area (Å²) in [6.45, 7) is 7.32. The third-order valence-electron chi connectivity index (χ3n) is 3.37. The highest BCUT2D eigenvalue weighted by atomic mass is 32.2. The second-order valence-corrected chi connectivity index (χ2v) is 6.66. The van der Waals surface area contributed by atoms with Crippen LogP contribution >= 0.6 is 0 Å². The molecule has 2 heterocycles. The third-order valence-corrected chi connectivity index (χ3v) is 5.59. The molecule has 0 aromatic rings. The van der Waals surface area contributed by atoms with Gasteiger partial charge in [-0.05, 0) is 32.7 Å². The largest absolute Gasteiger partial charge is 0.374 e. The first-order valence-corrected chi connectivity index (χ1v) is 7.22. The van der Waals surface area contributed by atoms with Crippen LogP contribution in [0.2, 0.25) is 0 Å².